The van der Waals surface area contributed by atoms with Crippen molar-refractivity contribution in [3.63, 3.8) is 0 Å². The van der Waals surface area contributed by atoms with Crippen molar-refractivity contribution < 1.29 is 0 Å². The number of aromatic nitrogens is 4. The number of halogens is 1. The lowest BCUT2D eigenvalue weighted by Crippen LogP contribution is -1.92. The molecule has 0 aliphatic carbocycles. The van der Waals surface area contributed by atoms with Gasteiger partial charge in [0, 0.05) is 34.2 Å². The highest BCUT2D eigenvalue weighted by atomic mass is 79.9. The van der Waals surface area contributed by atoms with Crippen molar-refractivity contribution in [3.05, 3.63) is 95.9 Å². The number of imidazole rings is 1. The largest absolute Gasteiger partial charge is 0.299 e. The van der Waals surface area contributed by atoms with E-state index in [2.05, 4.69) is 48.5 Å². The molecule has 5 aromatic rings. The van der Waals surface area contributed by atoms with E-state index in [1.807, 2.05) is 67.0 Å². The molecule has 1 aromatic carbocycles. The van der Waals surface area contributed by atoms with E-state index in [0.29, 0.717) is 0 Å². The zero-order valence-corrected chi connectivity index (χ0v) is 16.4. The number of fused-ring (bicyclic) bond motifs is 1. The smallest absolute Gasteiger partial charge is 0.138 e. The number of nitrogens with zero attached hydrogens (tertiary/aromatic N) is 4. The number of hydrogen-bond acceptors (Lipinski definition) is 3. The van der Waals surface area contributed by atoms with Crippen LogP contribution in [0.15, 0.2) is 95.9 Å². The first-order valence-corrected chi connectivity index (χ1v) is 9.70. The molecule has 0 aliphatic heterocycles. The van der Waals surface area contributed by atoms with Crippen LogP contribution in [0.1, 0.15) is 0 Å². The van der Waals surface area contributed by atoms with Crippen LogP contribution >= 0.6 is 15.9 Å². The molecule has 0 saturated carbocycles. The fourth-order valence-corrected chi connectivity index (χ4v) is 3.57. The molecule has 0 fully saturated rings. The summed E-state index contributed by atoms with van der Waals surface area (Å²) in [4.78, 5) is 13.9. The summed E-state index contributed by atoms with van der Waals surface area (Å²) >= 11 is 3.49. The number of hydrogen-bond donors (Lipinski definition) is 0. The van der Waals surface area contributed by atoms with Gasteiger partial charge in [-0.2, -0.15) is 0 Å². The molecule has 5 heteroatoms. The number of rotatable bonds is 3. The van der Waals surface area contributed by atoms with Crippen molar-refractivity contribution in [2.24, 2.45) is 0 Å². The molecule has 0 radical (unpaired) electrons. The minimum atomic E-state index is 0.850. The van der Waals surface area contributed by atoms with E-state index in [-0.39, 0.29) is 0 Å². The minimum Gasteiger partial charge on any atom is -0.299 e. The first kappa shape index (κ1) is 16.8. The molecule has 4 aromatic heterocycles. The predicted octanol–water partition coefficient (Wildman–Crippen LogP) is 5.89. The summed E-state index contributed by atoms with van der Waals surface area (Å²) < 4.78 is 3.15. The first-order valence-electron chi connectivity index (χ1n) is 8.90. The monoisotopic (exact) mass is 426 g/mol. The van der Waals surface area contributed by atoms with Gasteiger partial charge in [-0.1, -0.05) is 40.2 Å². The number of benzene rings is 1. The minimum absolute atomic E-state index is 0.850. The van der Waals surface area contributed by atoms with Gasteiger partial charge in [-0.3, -0.25) is 14.4 Å². The van der Waals surface area contributed by atoms with Crippen molar-refractivity contribution in [1.82, 2.24) is 19.4 Å². The number of pyridine rings is 3. The van der Waals surface area contributed by atoms with E-state index < -0.39 is 0 Å². The Morgan fingerprint density at radius 2 is 1.54 bits per heavy atom. The summed E-state index contributed by atoms with van der Waals surface area (Å²) in [6, 6.07) is 24.2. The van der Waals surface area contributed by atoms with E-state index in [0.717, 1.165) is 44.0 Å². The van der Waals surface area contributed by atoms with Gasteiger partial charge in [-0.25, -0.2) is 4.98 Å². The molecule has 4 nitrogen and oxygen atoms in total. The van der Waals surface area contributed by atoms with E-state index in [4.69, 9.17) is 4.98 Å². The summed E-state index contributed by atoms with van der Waals surface area (Å²) in [5.74, 6) is 0. The third-order valence-corrected chi connectivity index (χ3v) is 5.14. The standard InChI is InChI=1S/C23H15BrN4/c24-18-9-7-16(8-10-18)20-15-17(11-13-26-20)23-22(19-5-1-3-12-25-19)27-21-6-2-4-14-28(21)23/h1-15H. The molecule has 0 amide bonds. The van der Waals surface area contributed by atoms with E-state index in [1.54, 1.807) is 6.20 Å². The average Bonchev–Trinajstić information content (AvgIpc) is 3.15. The molecule has 0 bridgehead atoms. The third-order valence-electron chi connectivity index (χ3n) is 4.61. The molecule has 0 saturated heterocycles. The topological polar surface area (TPSA) is 43.1 Å². The van der Waals surface area contributed by atoms with Crippen molar-refractivity contribution in [3.8, 4) is 33.9 Å². The molecule has 0 spiro atoms. The van der Waals surface area contributed by atoms with Gasteiger partial charge in [0.1, 0.15) is 11.3 Å². The van der Waals surface area contributed by atoms with Gasteiger partial charge in [0.05, 0.1) is 17.1 Å². The normalized spacial score (nSPS) is 11.0. The highest BCUT2D eigenvalue weighted by Crippen LogP contribution is 2.33. The van der Waals surface area contributed by atoms with Gasteiger partial charge in [-0.05, 0) is 48.5 Å². The Hall–Kier alpha value is -3.31. The Morgan fingerprint density at radius 3 is 2.36 bits per heavy atom. The lowest BCUT2D eigenvalue weighted by molar-refractivity contribution is 1.19. The van der Waals surface area contributed by atoms with Crippen LogP contribution in [0.3, 0.4) is 0 Å². The van der Waals surface area contributed by atoms with Crippen molar-refractivity contribution in [1.29, 1.82) is 0 Å². The summed E-state index contributed by atoms with van der Waals surface area (Å²) in [5.41, 5.74) is 6.64. The van der Waals surface area contributed by atoms with Crippen LogP contribution < -0.4 is 0 Å². The van der Waals surface area contributed by atoms with E-state index in [9.17, 15) is 0 Å². The Balaban J connectivity index is 1.73. The van der Waals surface area contributed by atoms with Gasteiger partial charge in [-0.15, -0.1) is 0 Å². The lowest BCUT2D eigenvalue weighted by Gasteiger charge is -2.08. The van der Waals surface area contributed by atoms with Crippen LogP contribution in [-0.2, 0) is 0 Å². The van der Waals surface area contributed by atoms with Crippen LogP contribution in [0.2, 0.25) is 0 Å². The van der Waals surface area contributed by atoms with Gasteiger partial charge < -0.3 is 0 Å². The molecule has 134 valence electrons. The average molecular weight is 427 g/mol. The molecule has 0 N–H and O–H groups in total. The summed E-state index contributed by atoms with van der Waals surface area (Å²) in [6.07, 6.45) is 5.67. The van der Waals surface area contributed by atoms with E-state index in [1.165, 1.54) is 0 Å². The first-order chi connectivity index (χ1) is 13.8. The third kappa shape index (κ3) is 3.00. The second kappa shape index (κ2) is 7.02. The Bertz CT molecular complexity index is 1260. The van der Waals surface area contributed by atoms with Crippen LogP contribution in [0.5, 0.6) is 0 Å². The zero-order valence-electron chi connectivity index (χ0n) is 14.8. The molecule has 5 rings (SSSR count). The maximum absolute atomic E-state index is 4.85. The quantitative estimate of drug-likeness (QED) is 0.361. The summed E-state index contributed by atoms with van der Waals surface area (Å²) in [7, 11) is 0. The Labute approximate surface area is 170 Å². The van der Waals surface area contributed by atoms with Crippen LogP contribution in [0.25, 0.3) is 39.5 Å². The predicted molar refractivity (Wildman–Crippen MR) is 115 cm³/mol. The highest BCUT2D eigenvalue weighted by molar-refractivity contribution is 9.10. The maximum atomic E-state index is 4.85. The van der Waals surface area contributed by atoms with E-state index >= 15 is 0 Å². The SMILES string of the molecule is Brc1ccc(-c2cc(-c3c(-c4ccccn4)nc4ccccn34)ccn2)cc1. The zero-order chi connectivity index (χ0) is 18.9. The molecular weight excluding hydrogens is 412 g/mol. The van der Waals surface area contributed by atoms with Gasteiger partial charge in [0.2, 0.25) is 0 Å². The highest BCUT2D eigenvalue weighted by Gasteiger charge is 2.17. The van der Waals surface area contributed by atoms with Crippen molar-refractivity contribution >= 4 is 21.6 Å². The maximum Gasteiger partial charge on any atom is 0.138 e. The van der Waals surface area contributed by atoms with Gasteiger partial charge >= 0.3 is 0 Å². The summed E-state index contributed by atoms with van der Waals surface area (Å²) in [6.45, 7) is 0. The molecule has 28 heavy (non-hydrogen) atoms. The molecule has 4 heterocycles. The Kier molecular flexibility index (Phi) is 4.22. The fourth-order valence-electron chi connectivity index (χ4n) is 3.31. The van der Waals surface area contributed by atoms with Crippen molar-refractivity contribution in [2.45, 2.75) is 0 Å². The van der Waals surface area contributed by atoms with Crippen LogP contribution in [-0.4, -0.2) is 19.4 Å². The Morgan fingerprint density at radius 1 is 0.714 bits per heavy atom. The molecule has 0 unspecified atom stereocenters. The van der Waals surface area contributed by atoms with Crippen LogP contribution in [0, 0.1) is 0 Å². The lowest BCUT2D eigenvalue weighted by atomic mass is 10.1. The van der Waals surface area contributed by atoms with Gasteiger partial charge in [0.25, 0.3) is 0 Å². The second-order valence-electron chi connectivity index (χ2n) is 6.39. The fraction of sp³-hybridized carbons (Fsp3) is 0. The van der Waals surface area contributed by atoms with Crippen molar-refractivity contribution in [2.75, 3.05) is 0 Å². The second-order valence-corrected chi connectivity index (χ2v) is 7.31. The van der Waals surface area contributed by atoms with Crippen LogP contribution in [0.4, 0.5) is 0 Å². The van der Waals surface area contributed by atoms with Gasteiger partial charge in [0.15, 0.2) is 0 Å². The summed E-state index contributed by atoms with van der Waals surface area (Å²) in [5, 5.41) is 0. The molecular formula is C23H15BrN4. The molecule has 0 atom stereocenters. The molecule has 0 aliphatic rings.